The molecule has 1 fully saturated rings. The molecule has 0 radical (unpaired) electrons. The van der Waals surface area contributed by atoms with Gasteiger partial charge in [0.1, 0.15) is 0 Å². The summed E-state index contributed by atoms with van der Waals surface area (Å²) in [6.45, 7) is 6.32. The Balaban J connectivity index is 2.17. The van der Waals surface area contributed by atoms with Crippen LogP contribution in [0.4, 0.5) is 0 Å². The second-order valence-electron chi connectivity index (χ2n) is 6.45. The van der Waals surface area contributed by atoms with Gasteiger partial charge in [-0.1, -0.05) is 45.0 Å². The van der Waals surface area contributed by atoms with Crippen LogP contribution < -0.4 is 0 Å². The zero-order valence-electron chi connectivity index (χ0n) is 12.4. The second-order valence-corrected chi connectivity index (χ2v) is 6.45. The molecule has 1 aromatic carbocycles. The third kappa shape index (κ3) is 3.04. The fourth-order valence-electron chi connectivity index (χ4n) is 3.29. The Hall–Kier alpha value is -1.35. The predicted octanol–water partition coefficient (Wildman–Crippen LogP) is 3.59. The third-order valence-corrected chi connectivity index (χ3v) is 4.52. The van der Waals surface area contributed by atoms with Crippen molar-refractivity contribution in [3.8, 4) is 0 Å². The van der Waals surface area contributed by atoms with E-state index in [1.807, 2.05) is 24.3 Å². The van der Waals surface area contributed by atoms with Crippen molar-refractivity contribution in [1.82, 2.24) is 0 Å². The molecule has 0 heterocycles. The summed E-state index contributed by atoms with van der Waals surface area (Å²) in [6.07, 6.45) is 0.771. The Bertz CT molecular complexity index is 464. The number of carboxylic acids is 1. The van der Waals surface area contributed by atoms with E-state index in [2.05, 4.69) is 20.8 Å². The summed E-state index contributed by atoms with van der Waals surface area (Å²) in [6, 6.07) is 7.92. The Morgan fingerprint density at radius 3 is 2.20 bits per heavy atom. The van der Waals surface area contributed by atoms with Gasteiger partial charge in [-0.15, -0.1) is 0 Å². The lowest BCUT2D eigenvalue weighted by atomic mass is 9.86. The molecular formula is C17H24O3. The number of carboxylic acid groups (broad SMARTS) is 1. The fraction of sp³-hybridized carbons (Fsp3) is 0.588. The van der Waals surface area contributed by atoms with Crippen LogP contribution in [-0.2, 0) is 4.79 Å². The minimum atomic E-state index is -0.780. The lowest BCUT2D eigenvalue weighted by Gasteiger charge is -2.23. The van der Waals surface area contributed by atoms with Crippen LogP contribution in [0.1, 0.15) is 56.8 Å². The van der Waals surface area contributed by atoms with Gasteiger partial charge in [-0.25, -0.2) is 0 Å². The molecule has 0 bridgehead atoms. The molecule has 1 aromatic rings. The standard InChI is InChI=1S/C17H24O3/c1-10(2)12-4-6-13(7-5-12)16(18)14-8-11(3)9-15(14)17(19)20/h4-7,10-11,14-16,18H,8-9H2,1-3H3,(H,19,20). The molecule has 0 amide bonds. The predicted molar refractivity (Wildman–Crippen MR) is 78.5 cm³/mol. The molecule has 1 aliphatic carbocycles. The maximum Gasteiger partial charge on any atom is 0.306 e. The minimum Gasteiger partial charge on any atom is -0.481 e. The Labute approximate surface area is 120 Å². The Morgan fingerprint density at radius 1 is 1.15 bits per heavy atom. The van der Waals surface area contributed by atoms with Crippen LogP contribution in [0.15, 0.2) is 24.3 Å². The first kappa shape index (κ1) is 15.0. The Morgan fingerprint density at radius 2 is 1.70 bits per heavy atom. The highest BCUT2D eigenvalue weighted by atomic mass is 16.4. The van der Waals surface area contributed by atoms with Crippen LogP contribution in [0.3, 0.4) is 0 Å². The van der Waals surface area contributed by atoms with E-state index in [1.54, 1.807) is 0 Å². The molecule has 0 aliphatic heterocycles. The van der Waals surface area contributed by atoms with Crippen molar-refractivity contribution in [2.24, 2.45) is 17.8 Å². The molecule has 1 aliphatic rings. The van der Waals surface area contributed by atoms with Gasteiger partial charge >= 0.3 is 5.97 Å². The SMILES string of the molecule is CC1CC(C(=O)O)C(C(O)c2ccc(C(C)C)cc2)C1. The number of rotatable bonds is 4. The minimum absolute atomic E-state index is 0.174. The van der Waals surface area contributed by atoms with E-state index in [9.17, 15) is 15.0 Å². The van der Waals surface area contributed by atoms with Crippen molar-refractivity contribution in [2.45, 2.75) is 45.6 Å². The summed E-state index contributed by atoms with van der Waals surface area (Å²) in [5, 5.41) is 19.8. The highest BCUT2D eigenvalue weighted by Crippen LogP contribution is 2.43. The number of hydrogen-bond acceptors (Lipinski definition) is 2. The van der Waals surface area contributed by atoms with Crippen LogP contribution in [0.2, 0.25) is 0 Å². The molecule has 4 atom stereocenters. The van der Waals surface area contributed by atoms with Crippen molar-refractivity contribution in [3.05, 3.63) is 35.4 Å². The van der Waals surface area contributed by atoms with Crippen molar-refractivity contribution < 1.29 is 15.0 Å². The molecule has 4 unspecified atom stereocenters. The number of carbonyl (C=O) groups is 1. The Kier molecular flexibility index (Phi) is 4.48. The van der Waals surface area contributed by atoms with Crippen molar-refractivity contribution in [1.29, 1.82) is 0 Å². The molecule has 110 valence electrons. The molecule has 2 rings (SSSR count). The van der Waals surface area contributed by atoms with Crippen molar-refractivity contribution in [2.75, 3.05) is 0 Å². The average molecular weight is 276 g/mol. The van der Waals surface area contributed by atoms with Crippen LogP contribution in [0, 0.1) is 17.8 Å². The molecule has 3 nitrogen and oxygen atoms in total. The van der Waals surface area contributed by atoms with E-state index in [0.29, 0.717) is 18.3 Å². The molecule has 0 saturated heterocycles. The van der Waals surface area contributed by atoms with E-state index >= 15 is 0 Å². The monoisotopic (exact) mass is 276 g/mol. The zero-order valence-corrected chi connectivity index (χ0v) is 12.4. The van der Waals surface area contributed by atoms with Crippen LogP contribution >= 0.6 is 0 Å². The average Bonchev–Trinajstić information content (AvgIpc) is 2.80. The number of benzene rings is 1. The number of hydrogen-bond donors (Lipinski definition) is 2. The van der Waals surface area contributed by atoms with E-state index in [0.717, 1.165) is 12.0 Å². The number of aliphatic hydroxyl groups excluding tert-OH is 1. The van der Waals surface area contributed by atoms with E-state index in [4.69, 9.17) is 0 Å². The van der Waals surface area contributed by atoms with Crippen LogP contribution in [-0.4, -0.2) is 16.2 Å². The molecule has 0 aromatic heterocycles. The van der Waals surface area contributed by atoms with Gasteiger partial charge in [0, 0.05) is 5.92 Å². The quantitative estimate of drug-likeness (QED) is 0.883. The summed E-state index contributed by atoms with van der Waals surface area (Å²) >= 11 is 0. The molecule has 2 N–H and O–H groups in total. The first-order chi connectivity index (χ1) is 9.40. The molecule has 20 heavy (non-hydrogen) atoms. The molecular weight excluding hydrogens is 252 g/mol. The smallest absolute Gasteiger partial charge is 0.306 e. The highest BCUT2D eigenvalue weighted by Gasteiger charge is 2.41. The maximum atomic E-state index is 11.3. The molecule has 1 saturated carbocycles. The van der Waals surface area contributed by atoms with Gasteiger partial charge in [-0.3, -0.25) is 4.79 Å². The van der Waals surface area contributed by atoms with Gasteiger partial charge in [0.2, 0.25) is 0 Å². The molecule has 0 spiro atoms. The normalized spacial score (nSPS) is 27.8. The lowest BCUT2D eigenvalue weighted by Crippen LogP contribution is -2.23. The largest absolute Gasteiger partial charge is 0.481 e. The first-order valence-corrected chi connectivity index (χ1v) is 7.41. The van der Waals surface area contributed by atoms with Crippen LogP contribution in [0.25, 0.3) is 0 Å². The summed E-state index contributed by atoms with van der Waals surface area (Å²) in [5.74, 6) is -0.556. The van der Waals surface area contributed by atoms with Gasteiger partial charge in [-0.2, -0.15) is 0 Å². The van der Waals surface area contributed by atoms with Gasteiger partial charge in [0.05, 0.1) is 12.0 Å². The summed E-state index contributed by atoms with van der Waals surface area (Å²) in [4.78, 5) is 11.3. The maximum absolute atomic E-state index is 11.3. The molecule has 3 heteroatoms. The van der Waals surface area contributed by atoms with Crippen molar-refractivity contribution >= 4 is 5.97 Å². The van der Waals surface area contributed by atoms with E-state index in [-0.39, 0.29) is 5.92 Å². The zero-order chi connectivity index (χ0) is 14.9. The number of aliphatic carboxylic acids is 1. The second kappa shape index (κ2) is 5.96. The summed E-state index contributed by atoms with van der Waals surface area (Å²) < 4.78 is 0. The van der Waals surface area contributed by atoms with Gasteiger partial charge in [-0.05, 0) is 35.8 Å². The van der Waals surface area contributed by atoms with Crippen molar-refractivity contribution in [3.63, 3.8) is 0 Å². The van der Waals surface area contributed by atoms with Gasteiger partial charge in [0.25, 0.3) is 0 Å². The third-order valence-electron chi connectivity index (χ3n) is 4.52. The van der Waals surface area contributed by atoms with E-state index < -0.39 is 18.0 Å². The van der Waals surface area contributed by atoms with E-state index in [1.165, 1.54) is 5.56 Å². The lowest BCUT2D eigenvalue weighted by molar-refractivity contribution is -0.144. The summed E-state index contributed by atoms with van der Waals surface area (Å²) in [7, 11) is 0. The van der Waals surface area contributed by atoms with Gasteiger partial charge in [0.15, 0.2) is 0 Å². The fourth-order valence-corrected chi connectivity index (χ4v) is 3.29. The van der Waals surface area contributed by atoms with Crippen LogP contribution in [0.5, 0.6) is 0 Å². The van der Waals surface area contributed by atoms with Gasteiger partial charge < -0.3 is 10.2 Å². The first-order valence-electron chi connectivity index (χ1n) is 7.41. The topological polar surface area (TPSA) is 57.5 Å². The number of aliphatic hydroxyl groups is 1. The highest BCUT2D eigenvalue weighted by molar-refractivity contribution is 5.71. The summed E-state index contributed by atoms with van der Waals surface area (Å²) in [5.41, 5.74) is 2.07.